The highest BCUT2D eigenvalue weighted by atomic mass is 35.5. The molecule has 23 heavy (non-hydrogen) atoms. The maximum absolute atomic E-state index is 11.9. The molecule has 1 aromatic heterocycles. The summed E-state index contributed by atoms with van der Waals surface area (Å²) in [7, 11) is 0. The summed E-state index contributed by atoms with van der Waals surface area (Å²) in [5.74, 6) is 0.0409. The van der Waals surface area contributed by atoms with Crippen LogP contribution in [0, 0.1) is 0 Å². The Balaban J connectivity index is 0.00000192. The van der Waals surface area contributed by atoms with Crippen LogP contribution in [0.5, 0.6) is 0 Å². The molecule has 1 atom stereocenters. The Labute approximate surface area is 141 Å². The van der Waals surface area contributed by atoms with Gasteiger partial charge in [-0.25, -0.2) is 4.68 Å². The van der Waals surface area contributed by atoms with Gasteiger partial charge >= 0.3 is 0 Å². The van der Waals surface area contributed by atoms with Crippen LogP contribution in [0.2, 0.25) is 0 Å². The number of nitrogens with one attached hydrogen (secondary N) is 2. The number of morpholine rings is 1. The largest absolute Gasteiger partial charge is 0.378 e. The van der Waals surface area contributed by atoms with Crippen molar-refractivity contribution >= 4 is 18.3 Å². The fourth-order valence-electron chi connectivity index (χ4n) is 2.44. The highest BCUT2D eigenvalue weighted by Gasteiger charge is 2.16. The smallest absolute Gasteiger partial charge is 0.221 e. The summed E-state index contributed by atoms with van der Waals surface area (Å²) < 4.78 is 7.15. The molecule has 1 fully saturated rings. The van der Waals surface area contributed by atoms with E-state index in [-0.39, 0.29) is 24.4 Å². The molecular weight excluding hydrogens is 316 g/mol. The first kappa shape index (κ1) is 17.5. The lowest BCUT2D eigenvalue weighted by Gasteiger charge is -2.23. The highest BCUT2D eigenvalue weighted by Crippen LogP contribution is 2.08. The average Bonchev–Trinajstić information content (AvgIpc) is 3.09. The minimum atomic E-state index is 0. The number of amides is 1. The van der Waals surface area contributed by atoms with Gasteiger partial charge in [0.25, 0.3) is 0 Å². The Kier molecular flexibility index (Phi) is 6.58. The van der Waals surface area contributed by atoms with Crippen molar-refractivity contribution in [1.29, 1.82) is 0 Å². The van der Waals surface area contributed by atoms with Crippen molar-refractivity contribution < 1.29 is 9.53 Å². The van der Waals surface area contributed by atoms with E-state index in [1.807, 2.05) is 36.5 Å². The van der Waals surface area contributed by atoms with Crippen LogP contribution in [0.15, 0.2) is 42.7 Å². The maximum Gasteiger partial charge on any atom is 0.221 e. The van der Waals surface area contributed by atoms with Gasteiger partial charge < -0.3 is 15.4 Å². The van der Waals surface area contributed by atoms with Gasteiger partial charge in [-0.1, -0.05) is 12.1 Å². The second-order valence-electron chi connectivity index (χ2n) is 5.32. The van der Waals surface area contributed by atoms with Crippen LogP contribution in [0.1, 0.15) is 12.0 Å². The zero-order valence-corrected chi connectivity index (χ0v) is 13.6. The fourth-order valence-corrected chi connectivity index (χ4v) is 2.44. The molecule has 0 aliphatic carbocycles. The number of aromatic nitrogens is 2. The number of rotatable bonds is 5. The molecule has 0 saturated carbocycles. The van der Waals surface area contributed by atoms with E-state index in [0.29, 0.717) is 19.6 Å². The molecule has 0 spiro atoms. The van der Waals surface area contributed by atoms with Gasteiger partial charge in [0.1, 0.15) is 0 Å². The lowest BCUT2D eigenvalue weighted by molar-refractivity contribution is -0.122. The summed E-state index contributed by atoms with van der Waals surface area (Å²) in [5, 5.41) is 10.4. The third kappa shape index (κ3) is 5.06. The van der Waals surface area contributed by atoms with Crippen molar-refractivity contribution in [3.8, 4) is 5.69 Å². The Hall–Kier alpha value is -1.89. The molecule has 1 saturated heterocycles. The maximum atomic E-state index is 11.9. The quantitative estimate of drug-likeness (QED) is 0.863. The molecule has 1 unspecified atom stereocenters. The lowest BCUT2D eigenvalue weighted by Crippen LogP contribution is -2.44. The van der Waals surface area contributed by atoms with Crippen LogP contribution in [0.3, 0.4) is 0 Å². The van der Waals surface area contributed by atoms with E-state index in [1.54, 1.807) is 10.9 Å². The molecule has 7 heteroatoms. The molecule has 3 rings (SSSR count). The van der Waals surface area contributed by atoms with E-state index < -0.39 is 0 Å². The molecule has 124 valence electrons. The summed E-state index contributed by atoms with van der Waals surface area (Å²) in [5.41, 5.74) is 2.07. The fraction of sp³-hybridized carbons (Fsp3) is 0.375. The minimum Gasteiger partial charge on any atom is -0.378 e. The molecule has 2 N–H and O–H groups in total. The zero-order valence-electron chi connectivity index (χ0n) is 12.8. The summed E-state index contributed by atoms with van der Waals surface area (Å²) in [6.07, 6.45) is 4.10. The number of hydrogen-bond donors (Lipinski definition) is 2. The molecule has 1 aliphatic rings. The van der Waals surface area contributed by atoms with Crippen LogP contribution in [0.4, 0.5) is 0 Å². The minimum absolute atomic E-state index is 0. The number of nitrogens with zero attached hydrogens (tertiary/aromatic N) is 2. The van der Waals surface area contributed by atoms with E-state index in [1.165, 1.54) is 0 Å². The number of carbonyl (C=O) groups is 1. The molecule has 1 aromatic carbocycles. The molecule has 2 aromatic rings. The van der Waals surface area contributed by atoms with Crippen LogP contribution >= 0.6 is 12.4 Å². The first-order valence-electron chi connectivity index (χ1n) is 7.48. The van der Waals surface area contributed by atoms with Crippen molar-refractivity contribution in [3.63, 3.8) is 0 Å². The average molecular weight is 337 g/mol. The molecule has 2 heterocycles. The van der Waals surface area contributed by atoms with Crippen molar-refractivity contribution in [2.45, 2.75) is 19.0 Å². The predicted octanol–water partition coefficient (Wildman–Crippen LogP) is 1.29. The van der Waals surface area contributed by atoms with E-state index in [2.05, 4.69) is 15.7 Å². The summed E-state index contributed by atoms with van der Waals surface area (Å²) in [4.78, 5) is 11.9. The molecule has 0 bridgehead atoms. The summed E-state index contributed by atoms with van der Waals surface area (Å²) in [6, 6.07) is 9.99. The van der Waals surface area contributed by atoms with Crippen LogP contribution < -0.4 is 10.6 Å². The first-order valence-corrected chi connectivity index (χ1v) is 7.48. The number of benzene rings is 1. The van der Waals surface area contributed by atoms with Gasteiger partial charge in [-0.2, -0.15) is 5.10 Å². The number of carbonyl (C=O) groups excluding carboxylic acids is 1. The summed E-state index contributed by atoms with van der Waals surface area (Å²) in [6.45, 7) is 2.67. The van der Waals surface area contributed by atoms with Gasteiger partial charge in [0.2, 0.25) is 5.91 Å². The Morgan fingerprint density at radius 2 is 2.22 bits per heavy atom. The Morgan fingerprint density at radius 1 is 1.39 bits per heavy atom. The second kappa shape index (κ2) is 8.67. The van der Waals surface area contributed by atoms with Crippen molar-refractivity contribution in [1.82, 2.24) is 20.4 Å². The molecule has 6 nitrogen and oxygen atoms in total. The molecule has 1 amide bonds. The highest BCUT2D eigenvalue weighted by molar-refractivity contribution is 5.85. The van der Waals surface area contributed by atoms with Crippen molar-refractivity contribution in [3.05, 3.63) is 48.3 Å². The van der Waals surface area contributed by atoms with Crippen LogP contribution in [-0.2, 0) is 16.1 Å². The van der Waals surface area contributed by atoms with E-state index in [4.69, 9.17) is 4.74 Å². The van der Waals surface area contributed by atoms with E-state index in [9.17, 15) is 4.79 Å². The van der Waals surface area contributed by atoms with Crippen LogP contribution in [-0.4, -0.2) is 41.5 Å². The van der Waals surface area contributed by atoms with E-state index in [0.717, 1.165) is 24.4 Å². The number of ether oxygens (including phenoxy) is 1. The predicted molar refractivity (Wildman–Crippen MR) is 89.9 cm³/mol. The van der Waals surface area contributed by atoms with Gasteiger partial charge in [0.05, 0.1) is 18.9 Å². The van der Waals surface area contributed by atoms with Gasteiger partial charge in [-0.15, -0.1) is 12.4 Å². The zero-order chi connectivity index (χ0) is 15.2. The van der Waals surface area contributed by atoms with Crippen molar-refractivity contribution in [2.24, 2.45) is 0 Å². The lowest BCUT2D eigenvalue weighted by atomic mass is 10.1. The molecular formula is C16H21ClN4O2. The Bertz CT molecular complexity index is 595. The molecule has 0 radical (unpaired) electrons. The number of halogens is 1. The topological polar surface area (TPSA) is 68.2 Å². The second-order valence-corrected chi connectivity index (χ2v) is 5.32. The molecule has 1 aliphatic heterocycles. The van der Waals surface area contributed by atoms with Crippen molar-refractivity contribution in [2.75, 3.05) is 19.8 Å². The third-order valence-electron chi connectivity index (χ3n) is 3.63. The number of hydrogen-bond acceptors (Lipinski definition) is 4. The monoisotopic (exact) mass is 336 g/mol. The van der Waals surface area contributed by atoms with Gasteiger partial charge in [0, 0.05) is 37.9 Å². The van der Waals surface area contributed by atoms with E-state index >= 15 is 0 Å². The summed E-state index contributed by atoms with van der Waals surface area (Å²) >= 11 is 0. The van der Waals surface area contributed by atoms with Crippen LogP contribution in [0.25, 0.3) is 5.69 Å². The van der Waals surface area contributed by atoms with Gasteiger partial charge in [-0.3, -0.25) is 4.79 Å². The van der Waals surface area contributed by atoms with Gasteiger partial charge in [0.15, 0.2) is 0 Å². The standard InChI is InChI=1S/C16H20N4O2.ClH/c21-16(10-14-12-22-9-7-17-14)18-11-13-2-4-15(5-3-13)20-8-1-6-19-20;/h1-6,8,14,17H,7,9-12H2,(H,18,21);1H. The normalized spacial score (nSPS) is 17.3. The first-order chi connectivity index (χ1) is 10.8. The van der Waals surface area contributed by atoms with Gasteiger partial charge in [-0.05, 0) is 23.8 Å². The SMILES string of the molecule is Cl.O=C(CC1COCCN1)NCc1ccc(-n2cccn2)cc1. The third-order valence-corrected chi connectivity index (χ3v) is 3.63. The Morgan fingerprint density at radius 3 is 2.87 bits per heavy atom.